The number of anilines is 1. The molecule has 0 saturated carbocycles. The fraction of sp³-hybridized carbons (Fsp3) is 0.647. The fourth-order valence-corrected chi connectivity index (χ4v) is 3.52. The highest BCUT2D eigenvalue weighted by Gasteiger charge is 2.23. The lowest BCUT2D eigenvalue weighted by molar-refractivity contribution is 0.220. The largest absolute Gasteiger partial charge is 0.396 e. The summed E-state index contributed by atoms with van der Waals surface area (Å²) >= 11 is 0. The van der Waals surface area contributed by atoms with Crippen LogP contribution in [0.5, 0.6) is 0 Å². The summed E-state index contributed by atoms with van der Waals surface area (Å²) in [6.07, 6.45) is 3.37. The Balaban J connectivity index is 1.73. The summed E-state index contributed by atoms with van der Waals surface area (Å²) in [5, 5.41) is 9.21. The van der Waals surface area contributed by atoms with Crippen LogP contribution in [-0.4, -0.2) is 42.8 Å². The van der Waals surface area contributed by atoms with Crippen LogP contribution in [0.1, 0.15) is 30.4 Å². The molecule has 4 heteroatoms. The first kappa shape index (κ1) is 14.8. The topological polar surface area (TPSA) is 26.7 Å². The lowest BCUT2D eigenvalue weighted by atomic mass is 10.1. The zero-order valence-corrected chi connectivity index (χ0v) is 12.8. The maximum atomic E-state index is 14.4. The third-order valence-electron chi connectivity index (χ3n) is 4.87. The highest BCUT2D eigenvalue weighted by Crippen LogP contribution is 2.28. The van der Waals surface area contributed by atoms with Crippen LogP contribution in [0.15, 0.2) is 12.1 Å². The van der Waals surface area contributed by atoms with Gasteiger partial charge in [0.1, 0.15) is 5.82 Å². The number of aliphatic hydroxyl groups excluding tert-OH is 1. The molecule has 1 atom stereocenters. The predicted molar refractivity (Wildman–Crippen MR) is 83.1 cm³/mol. The molecule has 1 N–H and O–H groups in total. The van der Waals surface area contributed by atoms with E-state index in [0.29, 0.717) is 5.92 Å². The second-order valence-electron chi connectivity index (χ2n) is 6.50. The number of likely N-dealkylation sites (tertiary alicyclic amines) is 1. The van der Waals surface area contributed by atoms with E-state index in [1.165, 1.54) is 5.56 Å². The molecule has 1 aromatic carbocycles. The van der Waals surface area contributed by atoms with Gasteiger partial charge in [-0.05, 0) is 61.9 Å². The van der Waals surface area contributed by atoms with Gasteiger partial charge in [-0.25, -0.2) is 4.39 Å². The number of halogens is 1. The van der Waals surface area contributed by atoms with Crippen molar-refractivity contribution >= 4 is 5.69 Å². The van der Waals surface area contributed by atoms with Gasteiger partial charge in [-0.2, -0.15) is 0 Å². The Bertz CT molecular complexity index is 500. The van der Waals surface area contributed by atoms with Crippen molar-refractivity contribution in [3.63, 3.8) is 0 Å². The Morgan fingerprint density at radius 3 is 2.67 bits per heavy atom. The Hall–Kier alpha value is -1.13. The van der Waals surface area contributed by atoms with E-state index in [1.807, 2.05) is 6.07 Å². The standard InChI is InChI=1S/C17H25FN2O/c1-13-8-17(20-5-2-3-6-20)16(18)9-15(13)11-19-7-4-14(10-19)12-21/h8-9,14,21H,2-7,10-12H2,1H3. The summed E-state index contributed by atoms with van der Waals surface area (Å²) in [4.78, 5) is 4.47. The normalized spacial score (nSPS) is 23.2. The first-order chi connectivity index (χ1) is 10.2. The van der Waals surface area contributed by atoms with E-state index >= 15 is 0 Å². The number of hydrogen-bond donors (Lipinski definition) is 1. The number of aryl methyl sites for hydroxylation is 1. The molecule has 0 amide bonds. The molecular weight excluding hydrogens is 267 g/mol. The Morgan fingerprint density at radius 2 is 2.00 bits per heavy atom. The maximum absolute atomic E-state index is 14.4. The van der Waals surface area contributed by atoms with Crippen LogP contribution < -0.4 is 4.90 Å². The van der Waals surface area contributed by atoms with Crippen LogP contribution in [0.3, 0.4) is 0 Å². The van der Waals surface area contributed by atoms with Gasteiger partial charge >= 0.3 is 0 Å². The average molecular weight is 292 g/mol. The van der Waals surface area contributed by atoms with E-state index < -0.39 is 0 Å². The highest BCUT2D eigenvalue weighted by atomic mass is 19.1. The van der Waals surface area contributed by atoms with Crippen LogP contribution in [0.2, 0.25) is 0 Å². The van der Waals surface area contributed by atoms with Crippen molar-refractivity contribution in [3.8, 4) is 0 Å². The van der Waals surface area contributed by atoms with Crippen molar-refractivity contribution in [1.29, 1.82) is 0 Å². The molecule has 2 aliphatic heterocycles. The van der Waals surface area contributed by atoms with Crippen LogP contribution in [0.4, 0.5) is 10.1 Å². The molecule has 1 unspecified atom stereocenters. The van der Waals surface area contributed by atoms with Gasteiger partial charge in [0, 0.05) is 32.8 Å². The van der Waals surface area contributed by atoms with Gasteiger partial charge in [-0.1, -0.05) is 0 Å². The van der Waals surface area contributed by atoms with Gasteiger partial charge in [0.2, 0.25) is 0 Å². The van der Waals surface area contributed by atoms with Gasteiger partial charge in [0.05, 0.1) is 5.69 Å². The molecule has 0 aromatic heterocycles. The van der Waals surface area contributed by atoms with Crippen molar-refractivity contribution < 1.29 is 9.50 Å². The number of aliphatic hydroxyl groups is 1. The minimum Gasteiger partial charge on any atom is -0.396 e. The van der Waals surface area contributed by atoms with Gasteiger partial charge in [0.25, 0.3) is 0 Å². The van der Waals surface area contributed by atoms with E-state index in [1.54, 1.807) is 6.07 Å². The predicted octanol–water partition coefficient (Wildman–Crippen LogP) is 2.55. The van der Waals surface area contributed by atoms with Crippen molar-refractivity contribution in [2.24, 2.45) is 5.92 Å². The second kappa shape index (κ2) is 6.32. The van der Waals surface area contributed by atoms with Crippen molar-refractivity contribution in [2.75, 3.05) is 37.7 Å². The molecule has 0 aliphatic carbocycles. The SMILES string of the molecule is Cc1cc(N2CCCC2)c(F)cc1CN1CCC(CO)C1. The summed E-state index contributed by atoms with van der Waals surface area (Å²) in [5.41, 5.74) is 3.02. The number of hydrogen-bond acceptors (Lipinski definition) is 3. The maximum Gasteiger partial charge on any atom is 0.146 e. The Kier molecular flexibility index (Phi) is 4.45. The first-order valence-electron chi connectivity index (χ1n) is 8.04. The van der Waals surface area contributed by atoms with Gasteiger partial charge < -0.3 is 10.0 Å². The highest BCUT2D eigenvalue weighted by molar-refractivity contribution is 5.52. The lowest BCUT2D eigenvalue weighted by Gasteiger charge is -2.22. The van der Waals surface area contributed by atoms with E-state index in [-0.39, 0.29) is 12.4 Å². The number of benzene rings is 1. The first-order valence-corrected chi connectivity index (χ1v) is 8.04. The molecule has 2 heterocycles. The summed E-state index contributed by atoms with van der Waals surface area (Å²) < 4.78 is 14.4. The van der Waals surface area contributed by atoms with Gasteiger partial charge in [-0.3, -0.25) is 4.90 Å². The lowest BCUT2D eigenvalue weighted by Crippen LogP contribution is -2.23. The number of nitrogens with zero attached hydrogens (tertiary/aromatic N) is 2. The molecule has 0 radical (unpaired) electrons. The van der Waals surface area contributed by atoms with E-state index in [4.69, 9.17) is 0 Å². The molecule has 116 valence electrons. The smallest absolute Gasteiger partial charge is 0.146 e. The third-order valence-corrected chi connectivity index (χ3v) is 4.87. The monoisotopic (exact) mass is 292 g/mol. The van der Waals surface area contributed by atoms with Crippen molar-refractivity contribution in [2.45, 2.75) is 32.7 Å². The van der Waals surface area contributed by atoms with Crippen LogP contribution in [0, 0.1) is 18.7 Å². The Morgan fingerprint density at radius 1 is 1.24 bits per heavy atom. The molecule has 2 saturated heterocycles. The van der Waals surface area contributed by atoms with Crippen LogP contribution in [-0.2, 0) is 6.54 Å². The number of rotatable bonds is 4. The zero-order chi connectivity index (χ0) is 14.8. The summed E-state index contributed by atoms with van der Waals surface area (Å²) in [6.45, 7) is 7.00. The van der Waals surface area contributed by atoms with E-state index in [0.717, 1.165) is 63.2 Å². The molecule has 1 aromatic rings. The molecule has 3 nitrogen and oxygen atoms in total. The summed E-state index contributed by atoms with van der Waals surface area (Å²) in [5.74, 6) is 0.300. The fourth-order valence-electron chi connectivity index (χ4n) is 3.52. The summed E-state index contributed by atoms with van der Waals surface area (Å²) in [7, 11) is 0. The van der Waals surface area contributed by atoms with Crippen molar-refractivity contribution in [1.82, 2.24) is 4.90 Å². The molecule has 0 bridgehead atoms. The van der Waals surface area contributed by atoms with Crippen molar-refractivity contribution in [3.05, 3.63) is 29.1 Å². The summed E-state index contributed by atoms with van der Waals surface area (Å²) in [6, 6.07) is 3.73. The van der Waals surface area contributed by atoms with Crippen LogP contribution >= 0.6 is 0 Å². The van der Waals surface area contributed by atoms with E-state index in [2.05, 4.69) is 16.7 Å². The molecule has 21 heavy (non-hydrogen) atoms. The third kappa shape index (κ3) is 3.22. The minimum atomic E-state index is -0.0876. The van der Waals surface area contributed by atoms with Gasteiger partial charge in [-0.15, -0.1) is 0 Å². The van der Waals surface area contributed by atoms with Crippen LogP contribution in [0.25, 0.3) is 0 Å². The van der Waals surface area contributed by atoms with E-state index in [9.17, 15) is 9.50 Å². The zero-order valence-electron chi connectivity index (χ0n) is 12.8. The quantitative estimate of drug-likeness (QED) is 0.924. The Labute approximate surface area is 126 Å². The molecule has 2 aliphatic rings. The molecule has 3 rings (SSSR count). The molecule has 0 spiro atoms. The molecule has 2 fully saturated rings. The molecular formula is C17H25FN2O. The minimum absolute atomic E-state index is 0.0876. The average Bonchev–Trinajstić information content (AvgIpc) is 3.13. The van der Waals surface area contributed by atoms with Gasteiger partial charge in [0.15, 0.2) is 0 Å². The second-order valence-corrected chi connectivity index (χ2v) is 6.50.